The zero-order chi connectivity index (χ0) is 26.4. The van der Waals surface area contributed by atoms with Crippen LogP contribution in [-0.2, 0) is 32.3 Å². The largest absolute Gasteiger partial charge is 0.497 e. The molecule has 0 aliphatic rings. The van der Waals surface area contributed by atoms with E-state index in [9.17, 15) is 31.2 Å². The number of rotatable bonds is 10. The molecule has 0 spiro atoms. The Bertz CT molecular complexity index is 1160. The van der Waals surface area contributed by atoms with Crippen LogP contribution in [0.4, 0.5) is 18.9 Å². The summed E-state index contributed by atoms with van der Waals surface area (Å²) >= 11 is 0. The number of ether oxygens (including phenoxy) is 1. The number of amides is 2. The van der Waals surface area contributed by atoms with Gasteiger partial charge in [0.15, 0.2) is 0 Å². The maximum absolute atomic E-state index is 13.4. The average molecular weight is 516 g/mol. The second-order valence-corrected chi connectivity index (χ2v) is 9.67. The van der Waals surface area contributed by atoms with Crippen LogP contribution >= 0.6 is 0 Å². The van der Waals surface area contributed by atoms with Crippen molar-refractivity contribution >= 4 is 27.5 Å². The molecule has 0 bridgehead atoms. The second kappa shape index (κ2) is 11.4. The van der Waals surface area contributed by atoms with E-state index in [0.717, 1.165) is 18.4 Å². The third-order valence-electron chi connectivity index (χ3n) is 5.15. The summed E-state index contributed by atoms with van der Waals surface area (Å²) in [4.78, 5) is 27.0. The van der Waals surface area contributed by atoms with E-state index in [2.05, 4.69) is 5.32 Å². The Morgan fingerprint density at radius 2 is 1.77 bits per heavy atom. The van der Waals surface area contributed by atoms with Gasteiger partial charge in [0.2, 0.25) is 21.8 Å². The number of methoxy groups -OCH3 is 1. The molecule has 2 rings (SSSR count). The molecule has 0 aliphatic carbocycles. The fourth-order valence-electron chi connectivity index (χ4n) is 3.32. The van der Waals surface area contributed by atoms with E-state index in [1.165, 1.54) is 25.0 Å². The highest BCUT2D eigenvalue weighted by molar-refractivity contribution is 7.92. The maximum atomic E-state index is 13.4. The molecule has 2 aromatic carbocycles. The van der Waals surface area contributed by atoms with Crippen LogP contribution in [0.15, 0.2) is 48.5 Å². The summed E-state index contributed by atoms with van der Waals surface area (Å²) < 4.78 is 70.3. The number of likely N-dealkylation sites (N-methyl/N-ethyl adjacent to an activating group) is 1. The highest BCUT2D eigenvalue weighted by atomic mass is 32.2. The first kappa shape index (κ1) is 28.0. The van der Waals surface area contributed by atoms with Gasteiger partial charge in [-0.15, -0.1) is 0 Å². The van der Waals surface area contributed by atoms with Crippen molar-refractivity contribution < 1.29 is 35.9 Å². The van der Waals surface area contributed by atoms with Crippen LogP contribution in [-0.4, -0.2) is 57.6 Å². The van der Waals surface area contributed by atoms with Crippen molar-refractivity contribution in [2.24, 2.45) is 0 Å². The number of benzene rings is 2. The number of halogens is 3. The molecule has 2 amide bonds. The predicted molar refractivity (Wildman–Crippen MR) is 125 cm³/mol. The van der Waals surface area contributed by atoms with E-state index in [4.69, 9.17) is 4.74 Å². The topological polar surface area (TPSA) is 96.0 Å². The highest BCUT2D eigenvalue weighted by Gasteiger charge is 2.33. The molecule has 8 nitrogen and oxygen atoms in total. The molecule has 0 radical (unpaired) electrons. The first-order valence-electron chi connectivity index (χ1n) is 10.6. The molecule has 1 atom stereocenters. The smallest absolute Gasteiger partial charge is 0.416 e. The van der Waals surface area contributed by atoms with Crippen molar-refractivity contribution in [1.29, 1.82) is 0 Å². The number of anilines is 1. The van der Waals surface area contributed by atoms with E-state index < -0.39 is 46.2 Å². The fraction of sp³-hybridized carbons (Fsp3) is 0.391. The van der Waals surface area contributed by atoms with Gasteiger partial charge in [-0.25, -0.2) is 8.42 Å². The van der Waals surface area contributed by atoms with Gasteiger partial charge in [0.1, 0.15) is 18.3 Å². The first-order valence-corrected chi connectivity index (χ1v) is 12.5. The summed E-state index contributed by atoms with van der Waals surface area (Å²) in [6.07, 6.45) is -3.91. The summed E-state index contributed by atoms with van der Waals surface area (Å²) in [6, 6.07) is 9.46. The molecule has 2 aromatic rings. The van der Waals surface area contributed by atoms with Crippen LogP contribution in [0, 0.1) is 0 Å². The van der Waals surface area contributed by atoms with E-state index >= 15 is 0 Å². The predicted octanol–water partition coefficient (Wildman–Crippen LogP) is 3.03. The summed E-state index contributed by atoms with van der Waals surface area (Å²) in [5, 5.41) is 2.61. The highest BCUT2D eigenvalue weighted by Crippen LogP contribution is 2.32. The van der Waals surface area contributed by atoms with Crippen LogP contribution in [0.3, 0.4) is 0 Å². The van der Waals surface area contributed by atoms with Gasteiger partial charge >= 0.3 is 6.18 Å². The molecule has 1 N–H and O–H groups in total. The molecule has 0 saturated carbocycles. The SMILES string of the molecule is CCNC(=O)[C@H](C)N(Cc1cccc(OC)c1)C(=O)CN(c1cccc(C(F)(F)F)c1)S(C)(=O)=O. The Balaban J connectivity index is 2.45. The normalized spacial score (nSPS) is 12.5. The van der Waals surface area contributed by atoms with Crippen molar-refractivity contribution in [3.05, 3.63) is 59.7 Å². The van der Waals surface area contributed by atoms with Crippen LogP contribution in [0.2, 0.25) is 0 Å². The van der Waals surface area contributed by atoms with E-state index in [0.29, 0.717) is 28.2 Å². The number of sulfonamides is 1. The Morgan fingerprint density at radius 1 is 1.11 bits per heavy atom. The Hall–Kier alpha value is -3.28. The van der Waals surface area contributed by atoms with Gasteiger partial charge in [-0.2, -0.15) is 13.2 Å². The molecule has 0 aliphatic heterocycles. The standard InChI is InChI=1S/C23H28F3N3O5S/c1-5-27-22(31)16(2)28(14-17-8-6-11-20(12-17)34-3)21(30)15-29(35(4,32)33)19-10-7-9-18(13-19)23(24,25)26/h6-13,16H,5,14-15H2,1-4H3,(H,27,31)/t16-/m0/s1. The number of alkyl halides is 3. The molecule has 12 heteroatoms. The van der Waals surface area contributed by atoms with Crippen LogP contribution in [0.1, 0.15) is 25.0 Å². The third-order valence-corrected chi connectivity index (χ3v) is 6.29. The molecule has 35 heavy (non-hydrogen) atoms. The van der Waals surface area contributed by atoms with Crippen molar-refractivity contribution in [3.8, 4) is 5.75 Å². The minimum atomic E-state index is -4.70. The number of carbonyl (C=O) groups is 2. The minimum Gasteiger partial charge on any atom is -0.497 e. The van der Waals surface area contributed by atoms with Crippen molar-refractivity contribution in [3.63, 3.8) is 0 Å². The Kier molecular flexibility index (Phi) is 9.13. The molecule has 0 aromatic heterocycles. The summed E-state index contributed by atoms with van der Waals surface area (Å²) in [6.45, 7) is 2.64. The lowest BCUT2D eigenvalue weighted by atomic mass is 10.1. The summed E-state index contributed by atoms with van der Waals surface area (Å²) in [5.74, 6) is -0.717. The third kappa shape index (κ3) is 7.61. The van der Waals surface area contributed by atoms with Gasteiger partial charge in [-0.3, -0.25) is 13.9 Å². The lowest BCUT2D eigenvalue weighted by Gasteiger charge is -2.31. The van der Waals surface area contributed by atoms with Crippen molar-refractivity contribution in [1.82, 2.24) is 10.2 Å². The number of hydrogen-bond donors (Lipinski definition) is 1. The van der Waals surface area contributed by atoms with E-state index in [1.807, 2.05) is 0 Å². The number of hydrogen-bond acceptors (Lipinski definition) is 5. The fourth-order valence-corrected chi connectivity index (χ4v) is 4.16. The minimum absolute atomic E-state index is 0.0610. The van der Waals surface area contributed by atoms with Crippen LogP contribution < -0.4 is 14.4 Å². The average Bonchev–Trinajstić information content (AvgIpc) is 2.79. The molecule has 0 unspecified atom stereocenters. The lowest BCUT2D eigenvalue weighted by Crippen LogP contribution is -2.51. The zero-order valence-corrected chi connectivity index (χ0v) is 20.6. The quantitative estimate of drug-likeness (QED) is 0.525. The Labute approximate surface area is 202 Å². The lowest BCUT2D eigenvalue weighted by molar-refractivity contribution is -0.139. The molecule has 192 valence electrons. The first-order chi connectivity index (χ1) is 16.3. The molecule has 0 saturated heterocycles. The second-order valence-electron chi connectivity index (χ2n) is 7.76. The summed E-state index contributed by atoms with van der Waals surface area (Å²) in [7, 11) is -2.68. The number of nitrogens with zero attached hydrogens (tertiary/aromatic N) is 2. The molecule has 0 heterocycles. The van der Waals surface area contributed by atoms with E-state index in [-0.39, 0.29) is 12.2 Å². The van der Waals surface area contributed by atoms with Crippen molar-refractivity contribution in [2.45, 2.75) is 32.6 Å². The zero-order valence-electron chi connectivity index (χ0n) is 19.8. The molecule has 0 fully saturated rings. The van der Waals surface area contributed by atoms with Gasteiger partial charge < -0.3 is 15.0 Å². The van der Waals surface area contributed by atoms with Crippen LogP contribution in [0.25, 0.3) is 0 Å². The monoisotopic (exact) mass is 515 g/mol. The van der Waals surface area contributed by atoms with Gasteiger partial charge in [0.25, 0.3) is 0 Å². The number of nitrogens with one attached hydrogen (secondary N) is 1. The van der Waals surface area contributed by atoms with Gasteiger partial charge in [-0.1, -0.05) is 18.2 Å². The van der Waals surface area contributed by atoms with Crippen molar-refractivity contribution in [2.75, 3.05) is 30.8 Å². The molecular weight excluding hydrogens is 487 g/mol. The van der Waals surface area contributed by atoms with Gasteiger partial charge in [0, 0.05) is 13.1 Å². The van der Waals surface area contributed by atoms with E-state index in [1.54, 1.807) is 31.2 Å². The maximum Gasteiger partial charge on any atom is 0.416 e. The number of carbonyl (C=O) groups excluding carboxylic acids is 2. The van der Waals surface area contributed by atoms with Crippen LogP contribution in [0.5, 0.6) is 5.75 Å². The Morgan fingerprint density at radius 3 is 2.34 bits per heavy atom. The molecular formula is C23H28F3N3O5S. The van der Waals surface area contributed by atoms with Gasteiger partial charge in [-0.05, 0) is 49.7 Å². The summed E-state index contributed by atoms with van der Waals surface area (Å²) in [5.41, 5.74) is -0.762. The van der Waals surface area contributed by atoms with Gasteiger partial charge in [0.05, 0.1) is 24.6 Å².